The highest BCUT2D eigenvalue weighted by Crippen LogP contribution is 2.35. The van der Waals surface area contributed by atoms with E-state index in [4.69, 9.17) is 5.10 Å². The zero-order valence-electron chi connectivity index (χ0n) is 18.9. The van der Waals surface area contributed by atoms with E-state index in [9.17, 15) is 9.59 Å². The Bertz CT molecular complexity index is 1360. The second-order valence-electron chi connectivity index (χ2n) is 8.56. The van der Waals surface area contributed by atoms with Crippen LogP contribution in [-0.2, 0) is 4.79 Å². The van der Waals surface area contributed by atoms with Crippen molar-refractivity contribution in [2.24, 2.45) is 0 Å². The van der Waals surface area contributed by atoms with E-state index in [-0.39, 0.29) is 11.5 Å². The molecule has 0 saturated carbocycles. The van der Waals surface area contributed by atoms with Gasteiger partial charge in [0.2, 0.25) is 5.91 Å². The van der Waals surface area contributed by atoms with Crippen molar-refractivity contribution >= 4 is 22.9 Å². The third kappa shape index (κ3) is 3.91. The van der Waals surface area contributed by atoms with Crippen LogP contribution in [-0.4, -0.2) is 33.6 Å². The Kier molecular flexibility index (Phi) is 5.46. The third-order valence-corrected chi connectivity index (χ3v) is 6.16. The minimum atomic E-state index is -0.158. The van der Waals surface area contributed by atoms with Gasteiger partial charge in [-0.3, -0.25) is 9.59 Å². The molecule has 1 aliphatic rings. The predicted molar refractivity (Wildman–Crippen MR) is 132 cm³/mol. The first kappa shape index (κ1) is 21.0. The van der Waals surface area contributed by atoms with Crippen molar-refractivity contribution < 1.29 is 4.79 Å². The maximum Gasteiger partial charge on any atom is 0.282 e. The van der Waals surface area contributed by atoms with Gasteiger partial charge in [0.15, 0.2) is 5.65 Å². The Morgan fingerprint density at radius 2 is 1.67 bits per heavy atom. The summed E-state index contributed by atoms with van der Waals surface area (Å²) in [5, 5.41) is 7.58. The number of benzene rings is 2. The van der Waals surface area contributed by atoms with Crippen molar-refractivity contribution in [1.82, 2.24) is 14.6 Å². The predicted octanol–water partition coefficient (Wildman–Crippen LogP) is 4.61. The fourth-order valence-corrected chi connectivity index (χ4v) is 4.65. The molecule has 0 unspecified atom stereocenters. The Hall–Kier alpha value is -3.87. The molecule has 33 heavy (non-hydrogen) atoms. The fourth-order valence-electron chi connectivity index (χ4n) is 4.65. The second-order valence-corrected chi connectivity index (χ2v) is 8.56. The molecule has 4 aromatic rings. The number of fused-ring (bicyclic) bond motifs is 1. The number of nitrogens with zero attached hydrogens (tertiary/aromatic N) is 3. The van der Waals surface area contributed by atoms with Crippen LogP contribution in [0.4, 0.5) is 11.4 Å². The van der Waals surface area contributed by atoms with Crippen molar-refractivity contribution in [3.8, 4) is 22.4 Å². The average molecular weight is 442 g/mol. The van der Waals surface area contributed by atoms with Gasteiger partial charge >= 0.3 is 0 Å². The quantitative estimate of drug-likeness (QED) is 0.484. The van der Waals surface area contributed by atoms with Gasteiger partial charge in [-0.1, -0.05) is 42.5 Å². The Morgan fingerprint density at radius 3 is 2.33 bits per heavy atom. The number of hydrogen-bond acceptors (Lipinski definition) is 4. The summed E-state index contributed by atoms with van der Waals surface area (Å²) in [6.07, 6.45) is 3.49. The van der Waals surface area contributed by atoms with Gasteiger partial charge in [-0.2, -0.15) is 9.61 Å². The molecular weight excluding hydrogens is 414 g/mol. The lowest BCUT2D eigenvalue weighted by atomic mass is 10.0. The van der Waals surface area contributed by atoms with E-state index in [1.54, 1.807) is 12.1 Å². The lowest BCUT2D eigenvalue weighted by molar-refractivity contribution is -0.114. The van der Waals surface area contributed by atoms with E-state index in [0.717, 1.165) is 59.8 Å². The van der Waals surface area contributed by atoms with E-state index in [1.165, 1.54) is 17.9 Å². The summed E-state index contributed by atoms with van der Waals surface area (Å²) >= 11 is 0. The molecule has 2 N–H and O–H groups in total. The van der Waals surface area contributed by atoms with Crippen LogP contribution >= 0.6 is 0 Å². The van der Waals surface area contributed by atoms with Gasteiger partial charge in [-0.05, 0) is 43.9 Å². The fraction of sp³-hybridized carbons (Fsp3) is 0.269. The summed E-state index contributed by atoms with van der Waals surface area (Å²) < 4.78 is 1.51. The highest BCUT2D eigenvalue weighted by Gasteiger charge is 2.25. The molecule has 1 fully saturated rings. The molecular formula is C26H27N5O2. The van der Waals surface area contributed by atoms with Crippen molar-refractivity contribution in [3.05, 3.63) is 70.6 Å². The highest BCUT2D eigenvalue weighted by molar-refractivity contribution is 5.89. The standard InChI is InChI=1S/C26H27N5O2/c1-17-22(19-11-13-21(14-12-19)28-18(2)32)26(33)31-25(27-17)24(30-15-7-4-8-16-30)23(29-31)20-9-5-3-6-10-20/h3,5-6,9-14,27H,4,7-8,15-16H2,1-2H3,(H,28,32). The molecule has 0 radical (unpaired) electrons. The number of nitrogens with one attached hydrogen (secondary N) is 2. The molecule has 168 valence electrons. The van der Waals surface area contributed by atoms with E-state index in [1.807, 2.05) is 49.4 Å². The van der Waals surface area contributed by atoms with Crippen LogP contribution < -0.4 is 15.8 Å². The average Bonchev–Trinajstić information content (AvgIpc) is 3.20. The van der Waals surface area contributed by atoms with Crippen molar-refractivity contribution in [2.45, 2.75) is 33.1 Å². The monoisotopic (exact) mass is 441 g/mol. The molecule has 1 amide bonds. The molecule has 0 atom stereocenters. The molecule has 0 aliphatic carbocycles. The number of aryl methyl sites for hydroxylation is 1. The maximum atomic E-state index is 13.7. The molecule has 0 spiro atoms. The molecule has 3 heterocycles. The van der Waals surface area contributed by atoms with Gasteiger partial charge in [0, 0.05) is 37.0 Å². The molecule has 5 rings (SSSR count). The molecule has 0 bridgehead atoms. The molecule has 1 aliphatic heterocycles. The van der Waals surface area contributed by atoms with Gasteiger partial charge in [-0.25, -0.2) is 0 Å². The van der Waals surface area contributed by atoms with Gasteiger partial charge in [-0.15, -0.1) is 0 Å². The van der Waals surface area contributed by atoms with Gasteiger partial charge in [0.1, 0.15) is 11.4 Å². The minimum Gasteiger partial charge on any atom is -0.367 e. The van der Waals surface area contributed by atoms with Crippen LogP contribution in [0.2, 0.25) is 0 Å². The van der Waals surface area contributed by atoms with Crippen LogP contribution in [0.5, 0.6) is 0 Å². The number of rotatable bonds is 4. The lowest BCUT2D eigenvalue weighted by Crippen LogP contribution is -2.30. The first-order valence-corrected chi connectivity index (χ1v) is 11.4. The number of H-pyrrole nitrogens is 1. The first-order chi connectivity index (χ1) is 16.0. The summed E-state index contributed by atoms with van der Waals surface area (Å²) in [5.41, 5.74) is 6.22. The summed E-state index contributed by atoms with van der Waals surface area (Å²) in [6, 6.07) is 17.3. The number of amides is 1. The van der Waals surface area contributed by atoms with Gasteiger partial charge < -0.3 is 15.2 Å². The number of anilines is 2. The Labute approximate surface area is 192 Å². The van der Waals surface area contributed by atoms with Crippen LogP contribution in [0.1, 0.15) is 31.9 Å². The van der Waals surface area contributed by atoms with Gasteiger partial charge in [0.25, 0.3) is 5.56 Å². The van der Waals surface area contributed by atoms with Crippen LogP contribution in [0.3, 0.4) is 0 Å². The Morgan fingerprint density at radius 1 is 0.970 bits per heavy atom. The molecule has 1 saturated heterocycles. The topological polar surface area (TPSA) is 82.5 Å². The highest BCUT2D eigenvalue weighted by atomic mass is 16.1. The third-order valence-electron chi connectivity index (χ3n) is 6.16. The molecule has 2 aromatic carbocycles. The summed E-state index contributed by atoms with van der Waals surface area (Å²) in [6.45, 7) is 5.30. The number of aromatic nitrogens is 3. The maximum absolute atomic E-state index is 13.7. The second kappa shape index (κ2) is 8.58. The van der Waals surface area contributed by atoms with E-state index < -0.39 is 0 Å². The van der Waals surface area contributed by atoms with Crippen molar-refractivity contribution in [3.63, 3.8) is 0 Å². The number of aromatic amines is 1. The van der Waals surface area contributed by atoms with Crippen molar-refractivity contribution in [2.75, 3.05) is 23.3 Å². The smallest absolute Gasteiger partial charge is 0.282 e. The molecule has 2 aromatic heterocycles. The number of carbonyl (C=O) groups excluding carboxylic acids is 1. The van der Waals surface area contributed by atoms with E-state index in [2.05, 4.69) is 15.2 Å². The van der Waals surface area contributed by atoms with E-state index in [0.29, 0.717) is 11.3 Å². The first-order valence-electron chi connectivity index (χ1n) is 11.4. The van der Waals surface area contributed by atoms with Crippen LogP contribution in [0, 0.1) is 6.92 Å². The van der Waals surface area contributed by atoms with Crippen molar-refractivity contribution in [1.29, 1.82) is 0 Å². The lowest BCUT2D eigenvalue weighted by Gasteiger charge is -2.28. The summed E-state index contributed by atoms with van der Waals surface area (Å²) in [4.78, 5) is 30.8. The molecule has 7 nitrogen and oxygen atoms in total. The summed E-state index contributed by atoms with van der Waals surface area (Å²) in [5.74, 6) is -0.131. The van der Waals surface area contributed by atoms with Crippen LogP contribution in [0.15, 0.2) is 59.4 Å². The largest absolute Gasteiger partial charge is 0.367 e. The Balaban J connectivity index is 1.69. The van der Waals surface area contributed by atoms with Gasteiger partial charge in [0.05, 0.1) is 5.56 Å². The summed E-state index contributed by atoms with van der Waals surface area (Å²) in [7, 11) is 0. The zero-order valence-corrected chi connectivity index (χ0v) is 18.9. The number of piperidine rings is 1. The minimum absolute atomic E-state index is 0.131. The SMILES string of the molecule is CC(=O)Nc1ccc(-c2c(C)[nH]c3c(N4CCCCC4)c(-c4ccccc4)nn3c2=O)cc1. The van der Waals surface area contributed by atoms with E-state index >= 15 is 0 Å². The number of hydrogen-bond donors (Lipinski definition) is 2. The molecule has 7 heteroatoms. The van der Waals surface area contributed by atoms with Crippen LogP contribution in [0.25, 0.3) is 28.0 Å². The normalized spacial score (nSPS) is 13.9. The zero-order chi connectivity index (χ0) is 22.9. The number of carbonyl (C=O) groups is 1.